The maximum absolute atomic E-state index is 14.1. The number of rotatable bonds is 12. The van der Waals surface area contributed by atoms with Gasteiger partial charge in [0.25, 0.3) is 0 Å². The van der Waals surface area contributed by atoms with Gasteiger partial charge in [-0.15, -0.1) is 0 Å². The molecule has 3 aromatic rings. The largest absolute Gasteiger partial charge is 0.493 e. The van der Waals surface area contributed by atoms with Crippen LogP contribution in [-0.4, -0.2) is 55.1 Å². The first-order valence-electron chi connectivity index (χ1n) is 12.3. The second kappa shape index (κ2) is 13.5. The van der Waals surface area contributed by atoms with Gasteiger partial charge in [-0.05, 0) is 61.7 Å². The van der Waals surface area contributed by atoms with Crippen molar-refractivity contribution in [2.45, 2.75) is 39.3 Å². The van der Waals surface area contributed by atoms with Gasteiger partial charge in [0.1, 0.15) is 23.9 Å². The van der Waals surface area contributed by atoms with Gasteiger partial charge in [-0.3, -0.25) is 4.79 Å². The number of anilines is 1. The number of benzene rings is 2. The molecule has 1 unspecified atom stereocenters. The van der Waals surface area contributed by atoms with Crippen LogP contribution >= 0.6 is 0 Å². The quantitative estimate of drug-likeness (QED) is 0.336. The first kappa shape index (κ1) is 28.5. The maximum Gasteiger partial charge on any atom is 0.322 e. The number of hydrogen-bond acceptors (Lipinski definition) is 5. The molecule has 1 heterocycles. The Balaban J connectivity index is 1.77. The zero-order valence-corrected chi connectivity index (χ0v) is 22.0. The van der Waals surface area contributed by atoms with Gasteiger partial charge >= 0.3 is 6.03 Å². The van der Waals surface area contributed by atoms with E-state index in [1.807, 2.05) is 19.1 Å². The third-order valence-electron chi connectivity index (χ3n) is 6.26. The Bertz CT molecular complexity index is 1220. The van der Waals surface area contributed by atoms with E-state index in [4.69, 9.17) is 13.9 Å². The molecule has 0 saturated heterocycles. The molecule has 3 amide bonds. The minimum atomic E-state index is -0.900. The third-order valence-corrected chi connectivity index (χ3v) is 6.26. The lowest BCUT2D eigenvalue weighted by Gasteiger charge is -2.31. The molecular weight excluding hydrogens is 496 g/mol. The number of furan rings is 1. The van der Waals surface area contributed by atoms with Crippen LogP contribution in [0, 0.1) is 11.6 Å². The van der Waals surface area contributed by atoms with Gasteiger partial charge in [-0.2, -0.15) is 0 Å². The minimum Gasteiger partial charge on any atom is -0.493 e. The zero-order chi connectivity index (χ0) is 27.7. The number of methoxy groups -OCH3 is 2. The highest BCUT2D eigenvalue weighted by Crippen LogP contribution is 2.28. The summed E-state index contributed by atoms with van der Waals surface area (Å²) < 4.78 is 43.6. The average molecular weight is 530 g/mol. The van der Waals surface area contributed by atoms with Gasteiger partial charge in [-0.1, -0.05) is 13.0 Å². The van der Waals surface area contributed by atoms with Crippen LogP contribution in [0.2, 0.25) is 0 Å². The first-order chi connectivity index (χ1) is 18.2. The highest BCUT2D eigenvalue weighted by atomic mass is 19.1. The minimum absolute atomic E-state index is 0.168. The van der Waals surface area contributed by atoms with Gasteiger partial charge in [0.15, 0.2) is 11.5 Å². The van der Waals surface area contributed by atoms with Crippen LogP contribution in [-0.2, 0) is 17.8 Å². The SMILES string of the molecule is CCC(C)N(CC(=O)N(CCc1ccc(OC)c(OC)c1)Cc1ccco1)C(=O)Nc1ccc(F)cc1F. The lowest BCUT2D eigenvalue weighted by molar-refractivity contribution is -0.133. The molecule has 10 heteroatoms. The molecule has 0 aliphatic carbocycles. The van der Waals surface area contributed by atoms with E-state index in [9.17, 15) is 18.4 Å². The Hall–Kier alpha value is -4.08. The van der Waals surface area contributed by atoms with Gasteiger partial charge in [-0.25, -0.2) is 13.6 Å². The Morgan fingerprint density at radius 3 is 2.45 bits per heavy atom. The van der Waals surface area contributed by atoms with Crippen LogP contribution in [0.25, 0.3) is 0 Å². The number of nitrogens with zero attached hydrogens (tertiary/aromatic N) is 2. The Labute approximate surface area is 221 Å². The molecule has 0 radical (unpaired) electrons. The van der Waals surface area contributed by atoms with Crippen LogP contribution in [0.4, 0.5) is 19.3 Å². The molecule has 1 atom stereocenters. The summed E-state index contributed by atoms with van der Waals surface area (Å²) >= 11 is 0. The number of nitrogens with one attached hydrogen (secondary N) is 1. The van der Waals surface area contributed by atoms with Crippen molar-refractivity contribution in [2.24, 2.45) is 0 Å². The molecule has 204 valence electrons. The average Bonchev–Trinajstić information content (AvgIpc) is 3.43. The molecule has 38 heavy (non-hydrogen) atoms. The lowest BCUT2D eigenvalue weighted by atomic mass is 10.1. The van der Waals surface area contributed by atoms with Crippen molar-refractivity contribution in [2.75, 3.05) is 32.6 Å². The van der Waals surface area contributed by atoms with Gasteiger partial charge in [0.05, 0.1) is 32.7 Å². The van der Waals surface area contributed by atoms with Crippen molar-refractivity contribution in [3.63, 3.8) is 0 Å². The van der Waals surface area contributed by atoms with Crippen molar-refractivity contribution >= 4 is 17.6 Å². The van der Waals surface area contributed by atoms with Crippen molar-refractivity contribution in [3.8, 4) is 11.5 Å². The Morgan fingerprint density at radius 1 is 1.05 bits per heavy atom. The van der Waals surface area contributed by atoms with E-state index < -0.39 is 17.7 Å². The van der Waals surface area contributed by atoms with Gasteiger partial charge < -0.3 is 29.0 Å². The molecular formula is C28H33F2N3O5. The number of ether oxygens (including phenoxy) is 2. The summed E-state index contributed by atoms with van der Waals surface area (Å²) in [5, 5.41) is 2.45. The number of carbonyl (C=O) groups is 2. The Morgan fingerprint density at radius 2 is 1.82 bits per heavy atom. The van der Waals surface area contributed by atoms with Crippen LogP contribution in [0.3, 0.4) is 0 Å². The summed E-state index contributed by atoms with van der Waals surface area (Å²) in [6.45, 7) is 4.00. The number of urea groups is 1. The van der Waals surface area contributed by atoms with E-state index in [-0.39, 0.29) is 30.7 Å². The molecule has 1 aromatic heterocycles. The van der Waals surface area contributed by atoms with E-state index in [1.54, 1.807) is 44.2 Å². The lowest BCUT2D eigenvalue weighted by Crippen LogP contribution is -2.48. The van der Waals surface area contributed by atoms with Crippen molar-refractivity contribution in [1.29, 1.82) is 0 Å². The fourth-order valence-corrected chi connectivity index (χ4v) is 3.85. The monoisotopic (exact) mass is 529 g/mol. The van der Waals surface area contributed by atoms with Crippen molar-refractivity contribution < 1.29 is 32.3 Å². The normalized spacial score (nSPS) is 11.5. The van der Waals surface area contributed by atoms with Crippen LogP contribution in [0.5, 0.6) is 11.5 Å². The van der Waals surface area contributed by atoms with E-state index in [0.717, 1.165) is 17.7 Å². The molecule has 8 nitrogen and oxygen atoms in total. The predicted octanol–water partition coefficient (Wildman–Crippen LogP) is 5.48. The predicted molar refractivity (Wildman–Crippen MR) is 139 cm³/mol. The van der Waals surface area contributed by atoms with Gasteiger partial charge in [0, 0.05) is 18.7 Å². The van der Waals surface area contributed by atoms with Crippen LogP contribution in [0.1, 0.15) is 31.6 Å². The fraction of sp³-hybridized carbons (Fsp3) is 0.357. The highest BCUT2D eigenvalue weighted by molar-refractivity contribution is 5.92. The number of hydrogen-bond donors (Lipinski definition) is 1. The zero-order valence-electron chi connectivity index (χ0n) is 22.0. The van der Waals surface area contributed by atoms with E-state index in [2.05, 4.69) is 5.32 Å². The molecule has 0 aliphatic heterocycles. The van der Waals surface area contributed by atoms with Crippen molar-refractivity contribution in [3.05, 3.63) is 77.8 Å². The highest BCUT2D eigenvalue weighted by Gasteiger charge is 2.26. The number of carbonyl (C=O) groups excluding carboxylic acids is 2. The first-order valence-corrected chi connectivity index (χ1v) is 12.3. The number of halogens is 2. The summed E-state index contributed by atoms with van der Waals surface area (Å²) in [6, 6.07) is 11.0. The van der Waals surface area contributed by atoms with Crippen molar-refractivity contribution in [1.82, 2.24) is 9.80 Å². The second-order valence-electron chi connectivity index (χ2n) is 8.77. The van der Waals surface area contributed by atoms with Crippen LogP contribution in [0.15, 0.2) is 59.2 Å². The summed E-state index contributed by atoms with van der Waals surface area (Å²) in [5.74, 6) is -0.176. The van der Waals surface area contributed by atoms with E-state index in [0.29, 0.717) is 42.7 Å². The standard InChI is InChI=1S/C28H33F2N3O5/c1-5-19(2)33(28(35)31-24-10-9-21(29)16-23(24)30)18-27(34)32(17-22-7-6-14-38-22)13-12-20-8-11-25(36-3)26(15-20)37-4/h6-11,14-16,19H,5,12-13,17-18H2,1-4H3,(H,31,35). The molecule has 0 saturated carbocycles. The molecule has 2 aromatic carbocycles. The molecule has 0 spiro atoms. The third kappa shape index (κ3) is 7.47. The summed E-state index contributed by atoms with van der Waals surface area (Å²) in [4.78, 5) is 29.5. The second-order valence-corrected chi connectivity index (χ2v) is 8.77. The fourth-order valence-electron chi connectivity index (χ4n) is 3.85. The smallest absolute Gasteiger partial charge is 0.322 e. The molecule has 1 N–H and O–H groups in total. The topological polar surface area (TPSA) is 84.2 Å². The summed E-state index contributed by atoms with van der Waals surface area (Å²) in [5.41, 5.74) is 0.765. The van der Waals surface area contributed by atoms with E-state index in [1.165, 1.54) is 11.2 Å². The van der Waals surface area contributed by atoms with E-state index >= 15 is 0 Å². The molecule has 0 bridgehead atoms. The maximum atomic E-state index is 14.1. The molecule has 3 rings (SSSR count). The molecule has 0 aliphatic rings. The van der Waals surface area contributed by atoms with Gasteiger partial charge in [0.2, 0.25) is 5.91 Å². The number of amides is 3. The van der Waals surface area contributed by atoms with Crippen LogP contribution < -0.4 is 14.8 Å². The summed E-state index contributed by atoms with van der Waals surface area (Å²) in [7, 11) is 3.12. The summed E-state index contributed by atoms with van der Waals surface area (Å²) in [6.07, 6.45) is 2.61. The Kier molecular flexibility index (Phi) is 10.1. The molecule has 0 fully saturated rings.